The number of nitrogens with zero attached hydrogens (tertiary/aromatic N) is 1. The molecule has 6 heteroatoms. The van der Waals surface area contributed by atoms with Crippen LogP contribution in [0.25, 0.3) is 0 Å². The molecule has 1 fully saturated rings. The van der Waals surface area contributed by atoms with E-state index < -0.39 is 6.03 Å². The highest BCUT2D eigenvalue weighted by atomic mass is 16.2. The predicted octanol–water partition coefficient (Wildman–Crippen LogP) is 0.280. The maximum absolute atomic E-state index is 11.7. The van der Waals surface area contributed by atoms with Crippen LogP contribution in [-0.2, 0) is 4.79 Å². The Morgan fingerprint density at radius 3 is 2.37 bits per heavy atom. The second kappa shape index (κ2) is 7.45. The van der Waals surface area contributed by atoms with Crippen LogP contribution in [0.2, 0.25) is 0 Å². The van der Waals surface area contributed by atoms with E-state index in [1.54, 1.807) is 0 Å². The van der Waals surface area contributed by atoms with Crippen LogP contribution in [-0.4, -0.2) is 48.6 Å². The molecule has 1 aliphatic heterocycles. The van der Waals surface area contributed by atoms with E-state index in [2.05, 4.69) is 29.4 Å². The molecule has 1 saturated heterocycles. The van der Waals surface area contributed by atoms with E-state index in [9.17, 15) is 9.59 Å². The Morgan fingerprint density at radius 1 is 1.32 bits per heavy atom. The number of amides is 3. The maximum atomic E-state index is 11.7. The third-order valence-corrected chi connectivity index (χ3v) is 3.98. The molecular weight excluding hydrogens is 244 g/mol. The largest absolute Gasteiger partial charge is 0.351 e. The first kappa shape index (κ1) is 15.9. The van der Waals surface area contributed by atoms with Crippen molar-refractivity contribution in [1.82, 2.24) is 15.5 Å². The van der Waals surface area contributed by atoms with Crippen molar-refractivity contribution in [2.75, 3.05) is 19.6 Å². The van der Waals surface area contributed by atoms with Gasteiger partial charge in [0.25, 0.3) is 0 Å². The number of piperidine rings is 1. The lowest BCUT2D eigenvalue weighted by molar-refractivity contribution is -0.125. The molecule has 6 nitrogen and oxygen atoms in total. The monoisotopic (exact) mass is 270 g/mol. The summed E-state index contributed by atoms with van der Waals surface area (Å²) in [5.74, 6) is 0.341. The van der Waals surface area contributed by atoms with Crippen LogP contribution in [0.1, 0.15) is 33.6 Å². The molecule has 0 aromatic rings. The molecule has 0 aliphatic carbocycles. The molecule has 3 amide bonds. The van der Waals surface area contributed by atoms with Gasteiger partial charge in [-0.25, -0.2) is 4.79 Å². The quantitative estimate of drug-likeness (QED) is 0.669. The zero-order valence-corrected chi connectivity index (χ0v) is 12.1. The number of hydrogen-bond donors (Lipinski definition) is 3. The standard InChI is InChI=1S/C13H26N4O2/c1-4-15-9(2)11-5-7-17(8-6-11)10(3)12(18)16-13(14)19/h9-11,15H,4-8H2,1-3H3,(H3,14,16,18,19). The number of carbonyl (C=O) groups excluding carboxylic acids is 2. The molecule has 0 aromatic carbocycles. The van der Waals surface area contributed by atoms with Gasteiger partial charge in [0, 0.05) is 6.04 Å². The first-order valence-corrected chi connectivity index (χ1v) is 7.03. The third-order valence-electron chi connectivity index (χ3n) is 3.98. The summed E-state index contributed by atoms with van der Waals surface area (Å²) >= 11 is 0. The fourth-order valence-electron chi connectivity index (χ4n) is 2.69. The van der Waals surface area contributed by atoms with Crippen molar-refractivity contribution in [3.05, 3.63) is 0 Å². The third kappa shape index (κ3) is 4.80. The van der Waals surface area contributed by atoms with Gasteiger partial charge < -0.3 is 11.1 Å². The summed E-state index contributed by atoms with van der Waals surface area (Å²) in [6.45, 7) is 8.89. The highest BCUT2D eigenvalue weighted by Crippen LogP contribution is 2.22. The fourth-order valence-corrected chi connectivity index (χ4v) is 2.69. The smallest absolute Gasteiger partial charge is 0.318 e. The van der Waals surface area contributed by atoms with Crippen LogP contribution in [0.4, 0.5) is 4.79 Å². The van der Waals surface area contributed by atoms with E-state index in [-0.39, 0.29) is 11.9 Å². The number of hydrogen-bond acceptors (Lipinski definition) is 4. The minimum Gasteiger partial charge on any atom is -0.351 e. The Labute approximate surface area is 115 Å². The van der Waals surface area contributed by atoms with Crippen molar-refractivity contribution >= 4 is 11.9 Å². The number of likely N-dealkylation sites (tertiary alicyclic amines) is 1. The number of primary amides is 1. The second-order valence-electron chi connectivity index (χ2n) is 5.25. The molecule has 0 spiro atoms. The van der Waals surface area contributed by atoms with E-state index in [1.807, 2.05) is 6.92 Å². The maximum Gasteiger partial charge on any atom is 0.318 e. The van der Waals surface area contributed by atoms with E-state index in [4.69, 9.17) is 5.73 Å². The minimum absolute atomic E-state index is 0.303. The summed E-state index contributed by atoms with van der Waals surface area (Å²) in [6, 6.07) is -0.572. The number of rotatable bonds is 5. The number of urea groups is 1. The van der Waals surface area contributed by atoms with E-state index in [1.165, 1.54) is 0 Å². The zero-order chi connectivity index (χ0) is 14.4. The normalized spacial score (nSPS) is 20.8. The lowest BCUT2D eigenvalue weighted by Crippen LogP contribution is -2.51. The van der Waals surface area contributed by atoms with Gasteiger partial charge in [-0.3, -0.25) is 15.0 Å². The molecule has 19 heavy (non-hydrogen) atoms. The van der Waals surface area contributed by atoms with Crippen molar-refractivity contribution in [1.29, 1.82) is 0 Å². The average Bonchev–Trinajstić information content (AvgIpc) is 2.37. The summed E-state index contributed by atoms with van der Waals surface area (Å²) in [5.41, 5.74) is 4.96. The molecule has 0 radical (unpaired) electrons. The van der Waals surface area contributed by atoms with Crippen molar-refractivity contribution in [2.45, 2.75) is 45.7 Å². The molecule has 1 rings (SSSR count). The summed E-state index contributed by atoms with van der Waals surface area (Å²) in [7, 11) is 0. The fraction of sp³-hybridized carbons (Fsp3) is 0.846. The number of nitrogens with two attached hydrogens (primary N) is 1. The van der Waals surface area contributed by atoms with Crippen molar-refractivity contribution < 1.29 is 9.59 Å². The van der Waals surface area contributed by atoms with Gasteiger partial charge in [0.1, 0.15) is 0 Å². The molecular formula is C13H26N4O2. The van der Waals surface area contributed by atoms with Crippen LogP contribution in [0, 0.1) is 5.92 Å². The summed E-state index contributed by atoms with van der Waals surface area (Å²) in [5, 5.41) is 5.59. The predicted molar refractivity (Wildman–Crippen MR) is 74.6 cm³/mol. The van der Waals surface area contributed by atoms with Gasteiger partial charge in [0.15, 0.2) is 0 Å². The van der Waals surface area contributed by atoms with E-state index in [0.29, 0.717) is 12.0 Å². The molecule has 2 unspecified atom stereocenters. The SMILES string of the molecule is CCNC(C)C1CCN(C(C)C(=O)NC(N)=O)CC1. The van der Waals surface area contributed by atoms with Crippen LogP contribution in [0.15, 0.2) is 0 Å². The molecule has 4 N–H and O–H groups in total. The Balaban J connectivity index is 2.40. The number of carbonyl (C=O) groups is 2. The van der Waals surface area contributed by atoms with E-state index >= 15 is 0 Å². The van der Waals surface area contributed by atoms with Crippen LogP contribution < -0.4 is 16.4 Å². The van der Waals surface area contributed by atoms with Crippen LogP contribution >= 0.6 is 0 Å². The number of imide groups is 1. The van der Waals surface area contributed by atoms with Crippen LogP contribution in [0.3, 0.4) is 0 Å². The number of nitrogens with one attached hydrogen (secondary N) is 2. The van der Waals surface area contributed by atoms with Gasteiger partial charge in [-0.2, -0.15) is 0 Å². The Kier molecular flexibility index (Phi) is 6.24. The van der Waals surface area contributed by atoms with Gasteiger partial charge in [0.05, 0.1) is 6.04 Å². The molecule has 1 heterocycles. The van der Waals surface area contributed by atoms with Crippen molar-refractivity contribution in [3.8, 4) is 0 Å². The molecule has 0 saturated carbocycles. The second-order valence-corrected chi connectivity index (χ2v) is 5.25. The Morgan fingerprint density at radius 2 is 1.89 bits per heavy atom. The van der Waals surface area contributed by atoms with Gasteiger partial charge in [-0.05, 0) is 52.2 Å². The lowest BCUT2D eigenvalue weighted by atomic mass is 9.89. The molecule has 0 bridgehead atoms. The average molecular weight is 270 g/mol. The van der Waals surface area contributed by atoms with Crippen molar-refractivity contribution in [3.63, 3.8) is 0 Å². The van der Waals surface area contributed by atoms with Gasteiger partial charge in [-0.1, -0.05) is 6.92 Å². The highest BCUT2D eigenvalue weighted by Gasteiger charge is 2.28. The van der Waals surface area contributed by atoms with Gasteiger partial charge >= 0.3 is 6.03 Å². The Hall–Kier alpha value is -1.14. The lowest BCUT2D eigenvalue weighted by Gasteiger charge is -2.37. The van der Waals surface area contributed by atoms with Gasteiger partial charge in [-0.15, -0.1) is 0 Å². The molecule has 2 atom stereocenters. The summed E-state index contributed by atoms with van der Waals surface area (Å²) in [6.07, 6.45) is 2.14. The van der Waals surface area contributed by atoms with E-state index in [0.717, 1.165) is 32.5 Å². The molecule has 1 aliphatic rings. The molecule has 110 valence electrons. The first-order valence-electron chi connectivity index (χ1n) is 7.03. The highest BCUT2D eigenvalue weighted by molar-refractivity contribution is 5.96. The van der Waals surface area contributed by atoms with Crippen molar-refractivity contribution in [2.24, 2.45) is 11.7 Å². The molecule has 0 aromatic heterocycles. The summed E-state index contributed by atoms with van der Waals surface area (Å²) < 4.78 is 0. The van der Waals surface area contributed by atoms with Crippen LogP contribution in [0.5, 0.6) is 0 Å². The topological polar surface area (TPSA) is 87.5 Å². The zero-order valence-electron chi connectivity index (χ0n) is 12.1. The Bertz CT molecular complexity index is 314. The minimum atomic E-state index is -0.785. The first-order chi connectivity index (χ1) is 8.95. The van der Waals surface area contributed by atoms with Gasteiger partial charge in [0.2, 0.25) is 5.91 Å². The summed E-state index contributed by atoms with van der Waals surface area (Å²) in [4.78, 5) is 24.5.